The Morgan fingerprint density at radius 3 is 1.13 bits per heavy atom. The first-order valence-corrected chi connectivity index (χ1v) is 8.68. The summed E-state index contributed by atoms with van der Waals surface area (Å²) in [6.07, 6.45) is -9.90. The summed E-state index contributed by atoms with van der Waals surface area (Å²) < 4.78 is 92.4. The van der Waals surface area contributed by atoms with E-state index in [1.807, 2.05) is 0 Å². The van der Waals surface area contributed by atoms with E-state index >= 15 is 0 Å². The molecule has 0 bridgehead atoms. The van der Waals surface area contributed by atoms with Crippen LogP contribution in [0.4, 0.5) is 26.3 Å². The topological polar surface area (TPSA) is 26.3 Å². The molecule has 0 aliphatic rings. The molecule has 0 aliphatic carbocycles. The Hall–Kier alpha value is -3.42. The van der Waals surface area contributed by atoms with E-state index in [9.17, 15) is 26.3 Å². The maximum absolute atomic E-state index is 13.6. The standard InChI is InChI=1S/C22H12F6O2/c23-21(24,25)15-11-17(13-7-3-1-4-8-13)29-19(15)20-16(22(26,27)28)12-18(30-20)14-9-5-2-6-10-14/h1-12H. The molecule has 30 heavy (non-hydrogen) atoms. The maximum Gasteiger partial charge on any atom is 0.420 e. The lowest BCUT2D eigenvalue weighted by Gasteiger charge is -2.08. The normalized spacial score (nSPS) is 12.3. The van der Waals surface area contributed by atoms with Gasteiger partial charge in [0.1, 0.15) is 22.6 Å². The molecule has 2 nitrogen and oxygen atoms in total. The smallest absolute Gasteiger partial charge is 0.420 e. The van der Waals surface area contributed by atoms with Crippen LogP contribution in [0.15, 0.2) is 81.6 Å². The first-order valence-electron chi connectivity index (χ1n) is 8.68. The van der Waals surface area contributed by atoms with E-state index in [4.69, 9.17) is 8.83 Å². The van der Waals surface area contributed by atoms with Crippen LogP contribution in [0, 0.1) is 0 Å². The van der Waals surface area contributed by atoms with Gasteiger partial charge in [-0.15, -0.1) is 0 Å². The van der Waals surface area contributed by atoms with E-state index in [0.717, 1.165) is 0 Å². The van der Waals surface area contributed by atoms with Crippen LogP contribution in [0.2, 0.25) is 0 Å². The Morgan fingerprint density at radius 1 is 0.500 bits per heavy atom. The summed E-state index contributed by atoms with van der Waals surface area (Å²) in [6, 6.07) is 16.9. The lowest BCUT2D eigenvalue weighted by molar-refractivity contribution is -0.140. The molecule has 8 heteroatoms. The Balaban J connectivity index is 1.95. The van der Waals surface area contributed by atoms with Crippen molar-refractivity contribution in [2.75, 3.05) is 0 Å². The zero-order chi connectivity index (χ0) is 21.5. The summed E-state index contributed by atoms with van der Waals surface area (Å²) in [6.45, 7) is 0. The average molecular weight is 422 g/mol. The van der Waals surface area contributed by atoms with Crippen LogP contribution in [0.1, 0.15) is 11.1 Å². The molecule has 2 aromatic carbocycles. The third kappa shape index (κ3) is 3.72. The minimum atomic E-state index is -4.95. The van der Waals surface area contributed by atoms with Crippen molar-refractivity contribution in [1.82, 2.24) is 0 Å². The van der Waals surface area contributed by atoms with Gasteiger partial charge in [0.2, 0.25) is 0 Å². The summed E-state index contributed by atoms with van der Waals surface area (Å²) >= 11 is 0. The molecule has 0 spiro atoms. The lowest BCUT2D eigenvalue weighted by Crippen LogP contribution is -2.08. The van der Waals surface area contributed by atoms with Crippen molar-refractivity contribution < 1.29 is 35.2 Å². The van der Waals surface area contributed by atoms with Crippen molar-refractivity contribution in [3.8, 4) is 34.2 Å². The number of benzene rings is 2. The van der Waals surface area contributed by atoms with Crippen LogP contribution in [0.5, 0.6) is 0 Å². The second kappa shape index (κ2) is 7.12. The van der Waals surface area contributed by atoms with Crippen molar-refractivity contribution in [1.29, 1.82) is 0 Å². The van der Waals surface area contributed by atoms with E-state index in [1.165, 1.54) is 24.3 Å². The second-order valence-corrected chi connectivity index (χ2v) is 6.43. The molecule has 2 aromatic heterocycles. The highest BCUT2D eigenvalue weighted by atomic mass is 19.4. The Morgan fingerprint density at radius 2 is 0.833 bits per heavy atom. The van der Waals surface area contributed by atoms with Crippen molar-refractivity contribution in [3.63, 3.8) is 0 Å². The van der Waals surface area contributed by atoms with Crippen molar-refractivity contribution >= 4 is 0 Å². The van der Waals surface area contributed by atoms with E-state index in [2.05, 4.69) is 0 Å². The zero-order valence-electron chi connectivity index (χ0n) is 15.0. The molecule has 2 heterocycles. The highest BCUT2D eigenvalue weighted by Gasteiger charge is 2.43. The van der Waals surface area contributed by atoms with Gasteiger partial charge in [-0.25, -0.2) is 0 Å². The minimum absolute atomic E-state index is 0.219. The van der Waals surface area contributed by atoms with Gasteiger partial charge in [-0.1, -0.05) is 60.7 Å². The van der Waals surface area contributed by atoms with Crippen LogP contribution in [-0.4, -0.2) is 0 Å². The fraction of sp³-hybridized carbons (Fsp3) is 0.0909. The average Bonchev–Trinajstić information content (AvgIpc) is 3.34. The summed E-state index contributed by atoms with van der Waals surface area (Å²) in [5.74, 6) is -2.47. The zero-order valence-corrected chi connectivity index (χ0v) is 15.0. The first kappa shape index (κ1) is 19.9. The van der Waals surface area contributed by atoms with Gasteiger partial charge >= 0.3 is 12.4 Å². The van der Waals surface area contributed by atoms with Crippen LogP contribution >= 0.6 is 0 Å². The van der Waals surface area contributed by atoms with Crippen LogP contribution in [0.25, 0.3) is 34.2 Å². The van der Waals surface area contributed by atoms with Gasteiger partial charge < -0.3 is 8.83 Å². The molecule has 0 aliphatic heterocycles. The molecule has 0 saturated heterocycles. The number of rotatable bonds is 3. The maximum atomic E-state index is 13.6. The minimum Gasteiger partial charge on any atom is -0.452 e. The van der Waals surface area contributed by atoms with Crippen LogP contribution in [0.3, 0.4) is 0 Å². The van der Waals surface area contributed by atoms with E-state index < -0.39 is 35.0 Å². The molecule has 0 radical (unpaired) electrons. The third-order valence-corrected chi connectivity index (χ3v) is 4.40. The number of furan rings is 2. The van der Waals surface area contributed by atoms with Gasteiger partial charge in [-0.3, -0.25) is 0 Å². The van der Waals surface area contributed by atoms with E-state index in [1.54, 1.807) is 36.4 Å². The molecule has 0 saturated carbocycles. The van der Waals surface area contributed by atoms with Gasteiger partial charge in [-0.2, -0.15) is 26.3 Å². The molecule has 4 rings (SSSR count). The Kier molecular flexibility index (Phi) is 4.72. The van der Waals surface area contributed by atoms with E-state index in [-0.39, 0.29) is 22.6 Å². The van der Waals surface area contributed by atoms with Gasteiger partial charge in [0.05, 0.1) is 0 Å². The largest absolute Gasteiger partial charge is 0.452 e. The first-order chi connectivity index (χ1) is 14.1. The highest BCUT2D eigenvalue weighted by Crippen LogP contribution is 2.48. The quantitative estimate of drug-likeness (QED) is 0.314. The molecule has 0 unspecified atom stereocenters. The fourth-order valence-corrected chi connectivity index (χ4v) is 3.03. The third-order valence-electron chi connectivity index (χ3n) is 4.40. The highest BCUT2D eigenvalue weighted by molar-refractivity contribution is 5.72. The molecule has 0 fully saturated rings. The molecular weight excluding hydrogens is 410 g/mol. The van der Waals surface area contributed by atoms with Crippen molar-refractivity contribution in [2.24, 2.45) is 0 Å². The summed E-state index contributed by atoms with van der Waals surface area (Å²) in [4.78, 5) is 0. The molecule has 0 N–H and O–H groups in total. The lowest BCUT2D eigenvalue weighted by atomic mass is 10.1. The number of alkyl halides is 6. The molecule has 154 valence electrons. The van der Waals surface area contributed by atoms with Gasteiger partial charge in [0, 0.05) is 11.1 Å². The predicted octanol–water partition coefficient (Wildman–Crippen LogP) is 7.91. The Labute approximate surface area is 166 Å². The Bertz CT molecular complexity index is 1060. The fourth-order valence-electron chi connectivity index (χ4n) is 3.03. The molecular formula is C22H12F6O2. The van der Waals surface area contributed by atoms with Crippen LogP contribution in [-0.2, 0) is 12.4 Å². The number of hydrogen-bond acceptors (Lipinski definition) is 2. The van der Waals surface area contributed by atoms with Crippen LogP contribution < -0.4 is 0 Å². The molecule has 0 amide bonds. The number of halogens is 6. The summed E-state index contributed by atoms with van der Waals surface area (Å²) in [5, 5.41) is 0. The van der Waals surface area contributed by atoms with E-state index in [0.29, 0.717) is 12.1 Å². The summed E-state index contributed by atoms with van der Waals surface area (Å²) in [7, 11) is 0. The van der Waals surface area contributed by atoms with Gasteiger partial charge in [0.15, 0.2) is 11.5 Å². The van der Waals surface area contributed by atoms with Crippen molar-refractivity contribution in [3.05, 3.63) is 83.9 Å². The second-order valence-electron chi connectivity index (χ2n) is 6.43. The van der Waals surface area contributed by atoms with Gasteiger partial charge in [-0.05, 0) is 12.1 Å². The summed E-state index contributed by atoms with van der Waals surface area (Å²) in [5.41, 5.74) is -2.11. The molecule has 4 aromatic rings. The predicted molar refractivity (Wildman–Crippen MR) is 97.3 cm³/mol. The SMILES string of the molecule is FC(F)(F)c1cc(-c2ccccc2)oc1-c1oc(-c2ccccc2)cc1C(F)(F)F. The number of hydrogen-bond donors (Lipinski definition) is 0. The molecule has 0 atom stereocenters. The van der Waals surface area contributed by atoms with Gasteiger partial charge in [0.25, 0.3) is 0 Å². The van der Waals surface area contributed by atoms with Crippen molar-refractivity contribution in [2.45, 2.75) is 12.4 Å². The monoisotopic (exact) mass is 422 g/mol.